The molecule has 0 radical (unpaired) electrons. The minimum absolute atomic E-state index is 0. The molecular weight excluding hydrogens is 296 g/mol. The number of hydrogen-bond donors (Lipinski definition) is 2. The van der Waals surface area contributed by atoms with Crippen LogP contribution in [-0.2, 0) is 4.79 Å². The third-order valence-electron chi connectivity index (χ3n) is 3.17. The van der Waals surface area contributed by atoms with Crippen molar-refractivity contribution in [2.75, 3.05) is 26.6 Å². The van der Waals surface area contributed by atoms with Crippen molar-refractivity contribution >= 4 is 24.0 Å². The van der Waals surface area contributed by atoms with E-state index in [1.807, 2.05) is 0 Å². The van der Waals surface area contributed by atoms with E-state index < -0.39 is 0 Å². The molecule has 0 heterocycles. The molecule has 0 bridgehead atoms. The minimum atomic E-state index is -0.312. The summed E-state index contributed by atoms with van der Waals surface area (Å²) in [5, 5.41) is 2.79. The molecule has 1 aromatic rings. The van der Waals surface area contributed by atoms with Crippen molar-refractivity contribution < 1.29 is 19.0 Å². The van der Waals surface area contributed by atoms with E-state index in [9.17, 15) is 4.79 Å². The highest BCUT2D eigenvalue weighted by molar-refractivity contribution is 5.94. The molecule has 0 aromatic heterocycles. The van der Waals surface area contributed by atoms with Crippen LogP contribution in [0.3, 0.4) is 0 Å². The zero-order chi connectivity index (χ0) is 15.3. The SMILES string of the molecule is COc1cc(OC)c(OC)cc1NC(=O)C(C)C(C)N.Cl. The molecule has 0 saturated heterocycles. The molecule has 120 valence electrons. The van der Waals surface area contributed by atoms with E-state index in [1.165, 1.54) is 21.3 Å². The van der Waals surface area contributed by atoms with E-state index in [2.05, 4.69) is 5.32 Å². The number of halogens is 1. The van der Waals surface area contributed by atoms with Gasteiger partial charge in [-0.1, -0.05) is 6.92 Å². The van der Waals surface area contributed by atoms with E-state index in [0.717, 1.165) is 0 Å². The topological polar surface area (TPSA) is 82.8 Å². The molecule has 7 heteroatoms. The molecule has 2 unspecified atom stereocenters. The van der Waals surface area contributed by atoms with Crippen LogP contribution < -0.4 is 25.3 Å². The van der Waals surface area contributed by atoms with Gasteiger partial charge in [0.05, 0.1) is 32.9 Å². The second kappa shape index (κ2) is 8.59. The monoisotopic (exact) mass is 318 g/mol. The molecule has 1 aromatic carbocycles. The smallest absolute Gasteiger partial charge is 0.228 e. The number of carbonyl (C=O) groups excluding carboxylic acids is 1. The minimum Gasteiger partial charge on any atom is -0.494 e. The summed E-state index contributed by atoms with van der Waals surface area (Å²) in [5.74, 6) is 1.05. The maximum atomic E-state index is 12.1. The van der Waals surface area contributed by atoms with Gasteiger partial charge in [0.15, 0.2) is 11.5 Å². The van der Waals surface area contributed by atoms with Crippen LogP contribution in [0.4, 0.5) is 5.69 Å². The summed E-state index contributed by atoms with van der Waals surface area (Å²) in [5.41, 5.74) is 6.24. The van der Waals surface area contributed by atoms with Crippen LogP contribution in [0.2, 0.25) is 0 Å². The Labute approximate surface area is 131 Å². The first-order valence-corrected chi connectivity index (χ1v) is 6.31. The molecule has 0 fully saturated rings. The van der Waals surface area contributed by atoms with Crippen LogP contribution in [0.5, 0.6) is 17.2 Å². The summed E-state index contributed by atoms with van der Waals surface area (Å²) < 4.78 is 15.6. The number of hydrogen-bond acceptors (Lipinski definition) is 5. The largest absolute Gasteiger partial charge is 0.494 e. The van der Waals surface area contributed by atoms with Gasteiger partial charge >= 0.3 is 0 Å². The number of ether oxygens (including phenoxy) is 3. The Morgan fingerprint density at radius 3 is 1.95 bits per heavy atom. The summed E-state index contributed by atoms with van der Waals surface area (Å²) in [6.07, 6.45) is 0. The lowest BCUT2D eigenvalue weighted by molar-refractivity contribution is -0.119. The molecule has 2 atom stereocenters. The summed E-state index contributed by atoms with van der Waals surface area (Å²) in [6, 6.07) is 3.08. The van der Waals surface area contributed by atoms with Crippen molar-refractivity contribution in [3.63, 3.8) is 0 Å². The molecule has 21 heavy (non-hydrogen) atoms. The predicted molar refractivity (Wildman–Crippen MR) is 84.8 cm³/mol. The van der Waals surface area contributed by atoms with Gasteiger partial charge in [-0.05, 0) is 6.92 Å². The van der Waals surface area contributed by atoms with Crippen molar-refractivity contribution in [1.29, 1.82) is 0 Å². The summed E-state index contributed by atoms with van der Waals surface area (Å²) in [6.45, 7) is 3.56. The summed E-state index contributed by atoms with van der Waals surface area (Å²) in [4.78, 5) is 12.1. The zero-order valence-electron chi connectivity index (χ0n) is 12.9. The van der Waals surface area contributed by atoms with Crippen LogP contribution in [0.15, 0.2) is 12.1 Å². The van der Waals surface area contributed by atoms with Gasteiger partial charge < -0.3 is 25.3 Å². The fraction of sp³-hybridized carbons (Fsp3) is 0.500. The van der Waals surface area contributed by atoms with Gasteiger partial charge in [-0.2, -0.15) is 0 Å². The van der Waals surface area contributed by atoms with E-state index in [-0.39, 0.29) is 30.3 Å². The Kier molecular flexibility index (Phi) is 7.91. The fourth-order valence-electron chi connectivity index (χ4n) is 1.61. The lowest BCUT2D eigenvalue weighted by Crippen LogP contribution is -2.34. The molecule has 1 rings (SSSR count). The Morgan fingerprint density at radius 2 is 1.52 bits per heavy atom. The number of methoxy groups -OCH3 is 3. The number of rotatable bonds is 6. The quantitative estimate of drug-likeness (QED) is 0.839. The molecule has 0 spiro atoms. The second-order valence-electron chi connectivity index (χ2n) is 4.54. The standard InChI is InChI=1S/C14H22N2O4.ClH/c1-8(9(2)15)14(17)16-10-6-12(19-4)13(20-5)7-11(10)18-3;/h6-9H,15H2,1-5H3,(H,16,17);1H. The number of carbonyl (C=O) groups is 1. The van der Waals surface area contributed by atoms with Crippen LogP contribution in [-0.4, -0.2) is 33.3 Å². The molecule has 1 amide bonds. The first kappa shape index (κ1) is 19.3. The van der Waals surface area contributed by atoms with Crippen molar-refractivity contribution in [3.8, 4) is 17.2 Å². The maximum absolute atomic E-state index is 12.1. The Hall–Kier alpha value is -1.66. The van der Waals surface area contributed by atoms with Gasteiger partial charge in [0, 0.05) is 18.2 Å². The number of anilines is 1. The predicted octanol–water partition coefficient (Wildman–Crippen LogP) is 2.06. The molecule has 0 aliphatic heterocycles. The van der Waals surface area contributed by atoms with Gasteiger partial charge in [-0.3, -0.25) is 4.79 Å². The zero-order valence-corrected chi connectivity index (χ0v) is 13.7. The molecule has 6 nitrogen and oxygen atoms in total. The third kappa shape index (κ3) is 4.68. The average Bonchev–Trinajstić information content (AvgIpc) is 2.45. The van der Waals surface area contributed by atoms with E-state index >= 15 is 0 Å². The van der Waals surface area contributed by atoms with Crippen LogP contribution in [0, 0.1) is 5.92 Å². The van der Waals surface area contributed by atoms with Crippen molar-refractivity contribution in [2.24, 2.45) is 11.7 Å². The Balaban J connectivity index is 0.00000400. The van der Waals surface area contributed by atoms with Crippen LogP contribution in [0.1, 0.15) is 13.8 Å². The second-order valence-corrected chi connectivity index (χ2v) is 4.54. The number of nitrogens with one attached hydrogen (secondary N) is 1. The van der Waals surface area contributed by atoms with Gasteiger partial charge in [-0.25, -0.2) is 0 Å². The lowest BCUT2D eigenvalue weighted by Gasteiger charge is -2.18. The molecule has 0 aliphatic carbocycles. The Bertz CT molecular complexity index is 480. The van der Waals surface area contributed by atoms with Crippen LogP contribution >= 0.6 is 12.4 Å². The number of amides is 1. The Morgan fingerprint density at radius 1 is 1.05 bits per heavy atom. The first-order chi connectivity index (χ1) is 9.44. The van der Waals surface area contributed by atoms with Crippen molar-refractivity contribution in [1.82, 2.24) is 0 Å². The highest BCUT2D eigenvalue weighted by atomic mass is 35.5. The third-order valence-corrected chi connectivity index (χ3v) is 3.17. The lowest BCUT2D eigenvalue weighted by atomic mass is 10.0. The van der Waals surface area contributed by atoms with Crippen LogP contribution in [0.25, 0.3) is 0 Å². The normalized spacial score (nSPS) is 12.7. The van der Waals surface area contributed by atoms with Gasteiger partial charge in [0.25, 0.3) is 0 Å². The van der Waals surface area contributed by atoms with E-state index in [4.69, 9.17) is 19.9 Å². The van der Waals surface area contributed by atoms with Crippen molar-refractivity contribution in [2.45, 2.75) is 19.9 Å². The molecule has 3 N–H and O–H groups in total. The molecule has 0 aliphatic rings. The summed E-state index contributed by atoms with van der Waals surface area (Å²) in [7, 11) is 4.58. The fourth-order valence-corrected chi connectivity index (χ4v) is 1.61. The molecular formula is C14H23ClN2O4. The number of nitrogens with two attached hydrogens (primary N) is 1. The van der Waals surface area contributed by atoms with E-state index in [1.54, 1.807) is 26.0 Å². The number of benzene rings is 1. The van der Waals surface area contributed by atoms with Gasteiger partial charge in [-0.15, -0.1) is 12.4 Å². The van der Waals surface area contributed by atoms with Crippen molar-refractivity contribution in [3.05, 3.63) is 12.1 Å². The van der Waals surface area contributed by atoms with Gasteiger partial charge in [0.2, 0.25) is 5.91 Å². The highest BCUT2D eigenvalue weighted by Gasteiger charge is 2.20. The molecule has 0 saturated carbocycles. The first-order valence-electron chi connectivity index (χ1n) is 6.31. The highest BCUT2D eigenvalue weighted by Crippen LogP contribution is 2.37. The van der Waals surface area contributed by atoms with E-state index in [0.29, 0.717) is 22.9 Å². The maximum Gasteiger partial charge on any atom is 0.228 e. The average molecular weight is 319 g/mol. The summed E-state index contributed by atoms with van der Waals surface area (Å²) >= 11 is 0. The van der Waals surface area contributed by atoms with Gasteiger partial charge in [0.1, 0.15) is 5.75 Å².